The van der Waals surface area contributed by atoms with E-state index in [0.29, 0.717) is 18.0 Å². The minimum absolute atomic E-state index is 0.556. The van der Waals surface area contributed by atoms with E-state index in [4.69, 9.17) is 4.74 Å². The lowest BCUT2D eigenvalue weighted by Gasteiger charge is -2.07. The molecule has 0 aliphatic carbocycles. The summed E-state index contributed by atoms with van der Waals surface area (Å²) in [6, 6.07) is 7.29. The Morgan fingerprint density at radius 1 is 1.05 bits per heavy atom. The first kappa shape index (κ1) is 15.5. The molecule has 0 fully saturated rings. The van der Waals surface area contributed by atoms with Gasteiger partial charge >= 0.3 is 0 Å². The number of unbranched alkanes of at least 4 members (excludes halogenated alkanes) is 6. The molecule has 1 aromatic carbocycles. The largest absolute Gasteiger partial charge is 0.491 e. The summed E-state index contributed by atoms with van der Waals surface area (Å²) in [5.74, 6) is 0.664. The molecule has 3 nitrogen and oxygen atoms in total. The van der Waals surface area contributed by atoms with E-state index in [2.05, 4.69) is 11.9 Å². The molecule has 0 amide bonds. The molecule has 0 N–H and O–H groups in total. The molecule has 19 heavy (non-hydrogen) atoms. The molecule has 1 aromatic rings. The van der Waals surface area contributed by atoms with Crippen LogP contribution in [0.15, 0.2) is 29.3 Å². The fraction of sp³-hybridized carbons (Fsp3) is 0.562. The lowest BCUT2D eigenvalue weighted by Crippen LogP contribution is -1.97. The summed E-state index contributed by atoms with van der Waals surface area (Å²) in [6.07, 6.45) is 10.4. The SMILES string of the molecule is CCCCCCCCCOc1ccccc1N=C=O. The summed E-state index contributed by atoms with van der Waals surface area (Å²) in [5, 5.41) is 0. The van der Waals surface area contributed by atoms with Crippen LogP contribution in [0.2, 0.25) is 0 Å². The molecule has 0 saturated heterocycles. The zero-order valence-electron chi connectivity index (χ0n) is 11.7. The van der Waals surface area contributed by atoms with Gasteiger partial charge in [-0.25, -0.2) is 4.79 Å². The first-order chi connectivity index (χ1) is 9.38. The van der Waals surface area contributed by atoms with Crippen molar-refractivity contribution in [3.63, 3.8) is 0 Å². The van der Waals surface area contributed by atoms with Gasteiger partial charge in [0, 0.05) is 0 Å². The first-order valence-corrected chi connectivity index (χ1v) is 7.18. The number of para-hydroxylation sites is 2. The molecule has 3 heteroatoms. The molecule has 0 aliphatic rings. The summed E-state index contributed by atoms with van der Waals surface area (Å²) in [6.45, 7) is 2.91. The van der Waals surface area contributed by atoms with Gasteiger partial charge in [0.25, 0.3) is 0 Å². The van der Waals surface area contributed by atoms with E-state index in [1.165, 1.54) is 38.5 Å². The van der Waals surface area contributed by atoms with Gasteiger partial charge in [-0.1, -0.05) is 57.6 Å². The molecule has 0 saturated carbocycles. The van der Waals surface area contributed by atoms with E-state index in [9.17, 15) is 4.79 Å². The van der Waals surface area contributed by atoms with Gasteiger partial charge in [0.15, 0.2) is 0 Å². The standard InChI is InChI=1S/C16H23NO2/c1-2-3-4-5-6-7-10-13-19-16-12-9-8-11-15(16)17-14-18/h8-9,11-12H,2-7,10,13H2,1H3. The van der Waals surface area contributed by atoms with Crippen molar-refractivity contribution in [2.75, 3.05) is 6.61 Å². The monoisotopic (exact) mass is 261 g/mol. The third kappa shape index (κ3) is 6.78. The second kappa shape index (κ2) is 10.3. The zero-order chi connectivity index (χ0) is 13.8. The molecule has 0 atom stereocenters. The number of carbonyl (C=O) groups excluding carboxylic acids is 1. The maximum absolute atomic E-state index is 10.3. The highest BCUT2D eigenvalue weighted by molar-refractivity contribution is 5.57. The van der Waals surface area contributed by atoms with Crippen LogP contribution in [0, 0.1) is 0 Å². The van der Waals surface area contributed by atoms with Crippen LogP contribution in [0.25, 0.3) is 0 Å². The number of isocyanates is 1. The van der Waals surface area contributed by atoms with Crippen molar-refractivity contribution < 1.29 is 9.53 Å². The topological polar surface area (TPSA) is 38.7 Å². The highest BCUT2D eigenvalue weighted by Crippen LogP contribution is 2.26. The molecule has 104 valence electrons. The van der Waals surface area contributed by atoms with Crippen molar-refractivity contribution in [2.45, 2.75) is 51.9 Å². The second-order valence-corrected chi connectivity index (χ2v) is 4.64. The van der Waals surface area contributed by atoms with Crippen molar-refractivity contribution >= 4 is 11.8 Å². The maximum Gasteiger partial charge on any atom is 0.240 e. The Morgan fingerprint density at radius 3 is 2.47 bits per heavy atom. The van der Waals surface area contributed by atoms with Gasteiger partial charge in [-0.2, -0.15) is 4.99 Å². The van der Waals surface area contributed by atoms with E-state index >= 15 is 0 Å². The molecule has 0 unspecified atom stereocenters. The number of rotatable bonds is 10. The van der Waals surface area contributed by atoms with Crippen molar-refractivity contribution in [3.05, 3.63) is 24.3 Å². The van der Waals surface area contributed by atoms with Crippen LogP contribution in [-0.4, -0.2) is 12.7 Å². The molecule has 0 heterocycles. The fourth-order valence-corrected chi connectivity index (χ4v) is 1.96. The van der Waals surface area contributed by atoms with E-state index in [-0.39, 0.29) is 0 Å². The summed E-state index contributed by atoms with van der Waals surface area (Å²) in [7, 11) is 0. The van der Waals surface area contributed by atoms with E-state index in [0.717, 1.165) is 6.42 Å². The van der Waals surface area contributed by atoms with E-state index in [1.807, 2.05) is 18.2 Å². The van der Waals surface area contributed by atoms with Crippen molar-refractivity contribution in [1.82, 2.24) is 0 Å². The second-order valence-electron chi connectivity index (χ2n) is 4.64. The number of benzene rings is 1. The number of nitrogens with zero attached hydrogens (tertiary/aromatic N) is 1. The van der Waals surface area contributed by atoms with Crippen LogP contribution in [-0.2, 0) is 4.79 Å². The van der Waals surface area contributed by atoms with Crippen LogP contribution < -0.4 is 4.74 Å². The predicted molar refractivity (Wildman–Crippen MR) is 77.7 cm³/mol. The average Bonchev–Trinajstić information content (AvgIpc) is 2.44. The minimum atomic E-state index is 0.556. The van der Waals surface area contributed by atoms with Crippen LogP contribution in [0.5, 0.6) is 5.75 Å². The first-order valence-electron chi connectivity index (χ1n) is 7.18. The Morgan fingerprint density at radius 2 is 1.74 bits per heavy atom. The summed E-state index contributed by atoms with van der Waals surface area (Å²) < 4.78 is 5.64. The number of hydrogen-bond acceptors (Lipinski definition) is 3. The van der Waals surface area contributed by atoms with Gasteiger partial charge in [0.2, 0.25) is 6.08 Å². The molecule has 0 radical (unpaired) electrons. The Balaban J connectivity index is 2.17. The lowest BCUT2D eigenvalue weighted by atomic mass is 10.1. The predicted octanol–water partition coefficient (Wildman–Crippen LogP) is 4.78. The third-order valence-electron chi connectivity index (χ3n) is 3.04. The number of hydrogen-bond donors (Lipinski definition) is 0. The van der Waals surface area contributed by atoms with Gasteiger partial charge in [-0.15, -0.1) is 0 Å². The third-order valence-corrected chi connectivity index (χ3v) is 3.04. The van der Waals surface area contributed by atoms with E-state index < -0.39 is 0 Å². The van der Waals surface area contributed by atoms with Gasteiger partial charge in [-0.05, 0) is 18.6 Å². The van der Waals surface area contributed by atoms with Gasteiger partial charge in [0.05, 0.1) is 6.61 Å². The fourth-order valence-electron chi connectivity index (χ4n) is 1.96. The minimum Gasteiger partial charge on any atom is -0.491 e. The highest BCUT2D eigenvalue weighted by atomic mass is 16.5. The van der Waals surface area contributed by atoms with E-state index in [1.54, 1.807) is 12.1 Å². The normalized spacial score (nSPS) is 9.95. The quantitative estimate of drug-likeness (QED) is 0.345. The van der Waals surface area contributed by atoms with Gasteiger partial charge in [0.1, 0.15) is 11.4 Å². The van der Waals surface area contributed by atoms with Crippen LogP contribution in [0.3, 0.4) is 0 Å². The van der Waals surface area contributed by atoms with Gasteiger partial charge in [-0.3, -0.25) is 0 Å². The molecular weight excluding hydrogens is 238 g/mol. The molecule has 0 spiro atoms. The zero-order valence-corrected chi connectivity index (χ0v) is 11.7. The smallest absolute Gasteiger partial charge is 0.240 e. The Labute approximate surface area is 115 Å². The molecule has 0 bridgehead atoms. The molecule has 0 aliphatic heterocycles. The Hall–Kier alpha value is -1.60. The van der Waals surface area contributed by atoms with Crippen LogP contribution in [0.4, 0.5) is 5.69 Å². The van der Waals surface area contributed by atoms with Crippen molar-refractivity contribution in [1.29, 1.82) is 0 Å². The lowest BCUT2D eigenvalue weighted by molar-refractivity contribution is 0.305. The number of aliphatic imine (C=N–C) groups is 1. The molecule has 0 aromatic heterocycles. The highest BCUT2D eigenvalue weighted by Gasteiger charge is 2.00. The Bertz CT molecular complexity index is 397. The summed E-state index contributed by atoms with van der Waals surface area (Å²) in [4.78, 5) is 13.9. The Kier molecular flexibility index (Phi) is 8.41. The number of ether oxygens (including phenoxy) is 1. The summed E-state index contributed by atoms with van der Waals surface area (Å²) in [5.41, 5.74) is 0.556. The average molecular weight is 261 g/mol. The van der Waals surface area contributed by atoms with Crippen LogP contribution >= 0.6 is 0 Å². The van der Waals surface area contributed by atoms with Crippen molar-refractivity contribution in [3.8, 4) is 5.75 Å². The van der Waals surface area contributed by atoms with Gasteiger partial charge < -0.3 is 4.74 Å². The maximum atomic E-state index is 10.3. The summed E-state index contributed by atoms with van der Waals surface area (Å²) >= 11 is 0. The van der Waals surface area contributed by atoms with Crippen molar-refractivity contribution in [2.24, 2.45) is 4.99 Å². The molecule has 1 rings (SSSR count). The molecular formula is C16H23NO2. The van der Waals surface area contributed by atoms with Crippen LogP contribution in [0.1, 0.15) is 51.9 Å².